The highest BCUT2D eigenvalue weighted by Crippen LogP contribution is 2.17. The molecule has 0 aliphatic rings. The number of phenolic OH excluding ortho intramolecular Hbond substituents is 1. The predicted octanol–water partition coefficient (Wildman–Crippen LogP) is 3.98. The van der Waals surface area contributed by atoms with Gasteiger partial charge in [-0.05, 0) is 43.0 Å². The minimum atomic E-state index is 0.175. The molecule has 0 fully saturated rings. The molecule has 0 saturated heterocycles. The van der Waals surface area contributed by atoms with Crippen LogP contribution in [0.5, 0.6) is 5.75 Å². The van der Waals surface area contributed by atoms with Crippen molar-refractivity contribution < 1.29 is 14.6 Å². The molecular weight excluding hydrogens is 302 g/mol. The first-order valence-electron chi connectivity index (χ1n) is 8.16. The van der Waals surface area contributed by atoms with Gasteiger partial charge in [0.05, 0.1) is 0 Å². The van der Waals surface area contributed by atoms with Gasteiger partial charge in [-0.25, -0.2) is 0 Å². The van der Waals surface area contributed by atoms with Gasteiger partial charge in [0, 0.05) is 6.04 Å². The number of carbonyl (C=O) groups is 1. The molecule has 0 spiro atoms. The van der Waals surface area contributed by atoms with Crippen LogP contribution in [-0.4, -0.2) is 17.6 Å². The Morgan fingerprint density at radius 1 is 1.12 bits per heavy atom. The Kier molecular flexibility index (Phi) is 11.9. The van der Waals surface area contributed by atoms with Gasteiger partial charge in [-0.2, -0.15) is 0 Å². The number of hydrogen-bond acceptors (Lipinski definition) is 4. The summed E-state index contributed by atoms with van der Waals surface area (Å²) in [4.78, 5) is 9.76. The maximum atomic E-state index is 9.76. The van der Waals surface area contributed by atoms with Gasteiger partial charge >= 0.3 is 0 Å². The van der Waals surface area contributed by atoms with E-state index in [0.717, 1.165) is 17.5 Å². The molecule has 4 nitrogen and oxygen atoms in total. The molecule has 0 heterocycles. The highest BCUT2D eigenvalue weighted by atomic mass is 16.5. The van der Waals surface area contributed by atoms with Crippen molar-refractivity contribution in [3.05, 3.63) is 65.2 Å². The fourth-order valence-electron chi connectivity index (χ4n) is 1.92. The summed E-state index contributed by atoms with van der Waals surface area (Å²) in [5.41, 5.74) is 8.75. The summed E-state index contributed by atoms with van der Waals surface area (Å²) in [6, 6.07) is 15.3. The van der Waals surface area contributed by atoms with Gasteiger partial charge < -0.3 is 15.6 Å². The Bertz CT molecular complexity index is 568. The normalized spacial score (nSPS) is 10.4. The van der Waals surface area contributed by atoms with E-state index < -0.39 is 0 Å². The van der Waals surface area contributed by atoms with Crippen LogP contribution in [0.3, 0.4) is 0 Å². The van der Waals surface area contributed by atoms with E-state index >= 15 is 0 Å². The molecular formula is C20H29NO3. The molecule has 1 atom stereocenters. The second kappa shape index (κ2) is 13.1. The van der Waals surface area contributed by atoms with E-state index in [9.17, 15) is 9.90 Å². The van der Waals surface area contributed by atoms with Gasteiger partial charge in [0.2, 0.25) is 0 Å². The molecule has 0 radical (unpaired) electrons. The third kappa shape index (κ3) is 9.64. The van der Waals surface area contributed by atoms with Gasteiger partial charge in [0.1, 0.15) is 12.4 Å². The minimum absolute atomic E-state index is 0.175. The highest BCUT2D eigenvalue weighted by Gasteiger charge is 2.00. The van der Waals surface area contributed by atoms with E-state index in [2.05, 4.69) is 4.74 Å². The van der Waals surface area contributed by atoms with Crippen LogP contribution in [0.1, 0.15) is 37.5 Å². The van der Waals surface area contributed by atoms with Crippen molar-refractivity contribution in [3.8, 4) is 5.75 Å². The van der Waals surface area contributed by atoms with E-state index in [1.807, 2.05) is 70.2 Å². The molecule has 4 heteroatoms. The van der Waals surface area contributed by atoms with Crippen molar-refractivity contribution in [3.63, 3.8) is 0 Å². The summed E-state index contributed by atoms with van der Waals surface area (Å²) >= 11 is 0. The molecule has 132 valence electrons. The van der Waals surface area contributed by atoms with E-state index in [1.165, 1.54) is 5.56 Å². The van der Waals surface area contributed by atoms with Crippen LogP contribution in [0.15, 0.2) is 48.5 Å². The number of aromatic hydroxyl groups is 1. The zero-order valence-electron chi connectivity index (χ0n) is 15.0. The molecule has 0 aromatic heterocycles. The van der Waals surface area contributed by atoms with Crippen LogP contribution < -0.4 is 5.73 Å². The number of phenols is 1. The van der Waals surface area contributed by atoms with Gasteiger partial charge in [0.25, 0.3) is 6.47 Å². The topological polar surface area (TPSA) is 72.5 Å². The quantitative estimate of drug-likeness (QED) is 0.813. The first-order valence-corrected chi connectivity index (χ1v) is 8.16. The lowest BCUT2D eigenvalue weighted by molar-refractivity contribution is -0.129. The summed E-state index contributed by atoms with van der Waals surface area (Å²) in [6.45, 7) is 8.68. The summed E-state index contributed by atoms with van der Waals surface area (Å²) in [5.74, 6) is 0.350. The molecule has 2 rings (SSSR count). The SMILES string of the molecule is CC.Cc1cc(CC(C)N)ccc1O.O=COCc1ccccc1. The summed E-state index contributed by atoms with van der Waals surface area (Å²) < 4.78 is 4.54. The zero-order valence-corrected chi connectivity index (χ0v) is 15.0. The van der Waals surface area contributed by atoms with Crippen molar-refractivity contribution in [1.29, 1.82) is 0 Å². The molecule has 3 N–H and O–H groups in total. The van der Waals surface area contributed by atoms with Crippen molar-refractivity contribution in [2.75, 3.05) is 0 Å². The average Bonchev–Trinajstić information content (AvgIpc) is 2.59. The van der Waals surface area contributed by atoms with Crippen LogP contribution in [0.2, 0.25) is 0 Å². The van der Waals surface area contributed by atoms with Crippen LogP contribution >= 0.6 is 0 Å². The number of ether oxygens (including phenoxy) is 1. The number of hydrogen-bond donors (Lipinski definition) is 2. The molecule has 2 aromatic rings. The van der Waals surface area contributed by atoms with E-state index in [4.69, 9.17) is 5.73 Å². The Morgan fingerprint density at radius 3 is 2.25 bits per heavy atom. The highest BCUT2D eigenvalue weighted by molar-refractivity contribution is 5.37. The second-order valence-electron chi connectivity index (χ2n) is 5.20. The molecule has 0 saturated carbocycles. The minimum Gasteiger partial charge on any atom is -0.508 e. The van der Waals surface area contributed by atoms with E-state index in [1.54, 1.807) is 6.07 Å². The van der Waals surface area contributed by atoms with Crippen molar-refractivity contribution >= 4 is 6.47 Å². The molecule has 0 bridgehead atoms. The summed E-state index contributed by atoms with van der Waals surface area (Å²) in [5, 5.41) is 9.25. The molecule has 0 aliphatic carbocycles. The third-order valence-corrected chi connectivity index (χ3v) is 2.98. The molecule has 0 aliphatic heterocycles. The molecule has 2 aromatic carbocycles. The largest absolute Gasteiger partial charge is 0.508 e. The fourth-order valence-corrected chi connectivity index (χ4v) is 1.92. The Hall–Kier alpha value is -2.33. The van der Waals surface area contributed by atoms with Crippen LogP contribution in [0.25, 0.3) is 0 Å². The number of aryl methyl sites for hydroxylation is 1. The van der Waals surface area contributed by atoms with Gasteiger partial charge in [-0.1, -0.05) is 56.3 Å². The summed E-state index contributed by atoms with van der Waals surface area (Å²) in [7, 11) is 0. The Balaban J connectivity index is 0.000000405. The average molecular weight is 331 g/mol. The number of carbonyl (C=O) groups excluding carboxylic acids is 1. The predicted molar refractivity (Wildman–Crippen MR) is 98.8 cm³/mol. The monoisotopic (exact) mass is 331 g/mol. The van der Waals surface area contributed by atoms with Crippen molar-refractivity contribution in [2.24, 2.45) is 5.73 Å². The summed E-state index contributed by atoms with van der Waals surface area (Å²) in [6.07, 6.45) is 0.862. The zero-order chi connectivity index (χ0) is 18.4. The maximum absolute atomic E-state index is 9.76. The number of nitrogens with two attached hydrogens (primary N) is 1. The first-order chi connectivity index (χ1) is 11.5. The number of benzene rings is 2. The number of rotatable bonds is 5. The lowest BCUT2D eigenvalue weighted by atomic mass is 10.0. The standard InChI is InChI=1S/C10H15NO.C8H8O2.C2H6/c1-7-5-9(6-8(2)11)3-4-10(7)12;9-7-10-6-8-4-2-1-3-5-8;1-2/h3-5,8,12H,6,11H2,1-2H3;1-5,7H,6H2;1-2H3. The lowest BCUT2D eigenvalue weighted by Crippen LogP contribution is -2.17. The molecule has 24 heavy (non-hydrogen) atoms. The van der Waals surface area contributed by atoms with Gasteiger partial charge in [-0.15, -0.1) is 0 Å². The van der Waals surface area contributed by atoms with Gasteiger partial charge in [-0.3, -0.25) is 4.79 Å². The van der Waals surface area contributed by atoms with Crippen molar-refractivity contribution in [2.45, 2.75) is 46.8 Å². The van der Waals surface area contributed by atoms with Crippen LogP contribution in [0.4, 0.5) is 0 Å². The van der Waals surface area contributed by atoms with E-state index in [-0.39, 0.29) is 6.04 Å². The van der Waals surface area contributed by atoms with Crippen molar-refractivity contribution in [1.82, 2.24) is 0 Å². The molecule has 1 unspecified atom stereocenters. The second-order valence-corrected chi connectivity index (χ2v) is 5.20. The van der Waals surface area contributed by atoms with Gasteiger partial charge in [0.15, 0.2) is 0 Å². The third-order valence-electron chi connectivity index (χ3n) is 2.98. The first kappa shape index (κ1) is 21.7. The maximum Gasteiger partial charge on any atom is 0.293 e. The Labute approximate surface area is 145 Å². The van der Waals surface area contributed by atoms with Crippen LogP contribution in [0, 0.1) is 6.92 Å². The fraction of sp³-hybridized carbons (Fsp3) is 0.350. The lowest BCUT2D eigenvalue weighted by Gasteiger charge is -2.06. The Morgan fingerprint density at radius 2 is 1.75 bits per heavy atom. The smallest absolute Gasteiger partial charge is 0.293 e. The van der Waals surface area contributed by atoms with Crippen LogP contribution in [-0.2, 0) is 22.6 Å². The van der Waals surface area contributed by atoms with E-state index in [0.29, 0.717) is 18.8 Å². The molecule has 0 amide bonds.